The molecular weight excluding hydrogens is 256 g/mol. The molecular formula is C12H17ClN2O3. The molecule has 0 bridgehead atoms. The van der Waals surface area contributed by atoms with Gasteiger partial charge in [0.1, 0.15) is 5.75 Å². The molecule has 18 heavy (non-hydrogen) atoms. The molecule has 2 amide bonds. The van der Waals surface area contributed by atoms with Gasteiger partial charge in [0.25, 0.3) is 0 Å². The summed E-state index contributed by atoms with van der Waals surface area (Å²) in [5.41, 5.74) is 0.506. The van der Waals surface area contributed by atoms with Crippen molar-refractivity contribution < 1.29 is 14.6 Å². The number of halogens is 1. The number of amides is 2. The van der Waals surface area contributed by atoms with Crippen molar-refractivity contribution in [1.82, 2.24) is 4.90 Å². The van der Waals surface area contributed by atoms with Crippen molar-refractivity contribution >= 4 is 23.3 Å². The highest BCUT2D eigenvalue weighted by molar-refractivity contribution is 6.31. The molecule has 100 valence electrons. The van der Waals surface area contributed by atoms with Crippen molar-refractivity contribution in [2.45, 2.75) is 6.92 Å². The first kappa shape index (κ1) is 14.6. The Bertz CT molecular complexity index is 412. The Morgan fingerprint density at radius 2 is 2.28 bits per heavy atom. The number of carbonyl (C=O) groups is 1. The number of anilines is 1. The number of urea groups is 1. The first-order chi connectivity index (χ1) is 8.62. The van der Waals surface area contributed by atoms with Crippen LogP contribution in [0.5, 0.6) is 5.75 Å². The van der Waals surface area contributed by atoms with Crippen molar-refractivity contribution in [3.05, 3.63) is 23.2 Å². The molecule has 0 saturated carbocycles. The summed E-state index contributed by atoms with van der Waals surface area (Å²) in [5.74, 6) is 0.535. The molecule has 1 aromatic rings. The Labute approximate surface area is 111 Å². The topological polar surface area (TPSA) is 61.8 Å². The maximum Gasteiger partial charge on any atom is 0.322 e. The summed E-state index contributed by atoms with van der Waals surface area (Å²) < 4.78 is 5.13. The quantitative estimate of drug-likeness (QED) is 0.864. The Kier molecular flexibility index (Phi) is 5.74. The molecule has 5 nitrogen and oxygen atoms in total. The van der Waals surface area contributed by atoms with Crippen LogP contribution in [0.15, 0.2) is 18.2 Å². The zero-order valence-electron chi connectivity index (χ0n) is 10.4. The standard InChI is InChI=1S/C12H17ClN2O3/c1-3-15(6-7-16)12(17)14-10-8-9(13)4-5-11(10)18-2/h4-5,8,16H,3,6-7H2,1-2H3,(H,14,17). The van der Waals surface area contributed by atoms with Gasteiger partial charge in [-0.3, -0.25) is 0 Å². The van der Waals surface area contributed by atoms with Gasteiger partial charge in [0.2, 0.25) is 0 Å². The van der Waals surface area contributed by atoms with Gasteiger partial charge in [0.05, 0.1) is 19.4 Å². The van der Waals surface area contributed by atoms with Gasteiger partial charge in [-0.1, -0.05) is 11.6 Å². The molecule has 2 N–H and O–H groups in total. The van der Waals surface area contributed by atoms with Crippen molar-refractivity contribution in [3.63, 3.8) is 0 Å². The van der Waals surface area contributed by atoms with E-state index < -0.39 is 0 Å². The summed E-state index contributed by atoms with van der Waals surface area (Å²) in [7, 11) is 1.52. The monoisotopic (exact) mass is 272 g/mol. The van der Waals surface area contributed by atoms with E-state index >= 15 is 0 Å². The Morgan fingerprint density at radius 3 is 2.83 bits per heavy atom. The predicted molar refractivity (Wildman–Crippen MR) is 71.4 cm³/mol. The number of benzene rings is 1. The number of hydrogen-bond donors (Lipinski definition) is 2. The van der Waals surface area contributed by atoms with Crippen LogP contribution in [0.2, 0.25) is 5.02 Å². The zero-order chi connectivity index (χ0) is 13.5. The zero-order valence-corrected chi connectivity index (χ0v) is 11.2. The summed E-state index contributed by atoms with van der Waals surface area (Å²) in [6.45, 7) is 2.55. The minimum atomic E-state index is -0.299. The molecule has 0 heterocycles. The third-order valence-corrected chi connectivity index (χ3v) is 2.68. The van der Waals surface area contributed by atoms with E-state index in [9.17, 15) is 4.79 Å². The van der Waals surface area contributed by atoms with Crippen LogP contribution in [0, 0.1) is 0 Å². The Morgan fingerprint density at radius 1 is 1.56 bits per heavy atom. The third kappa shape index (κ3) is 3.78. The van der Waals surface area contributed by atoms with Gasteiger partial charge in [0.15, 0.2) is 0 Å². The van der Waals surface area contributed by atoms with Crippen LogP contribution in [0.4, 0.5) is 10.5 Å². The van der Waals surface area contributed by atoms with Crippen LogP contribution in [0.25, 0.3) is 0 Å². The fraction of sp³-hybridized carbons (Fsp3) is 0.417. The lowest BCUT2D eigenvalue weighted by molar-refractivity contribution is 0.192. The molecule has 0 atom stereocenters. The highest BCUT2D eigenvalue weighted by atomic mass is 35.5. The van der Waals surface area contributed by atoms with Gasteiger partial charge in [-0.25, -0.2) is 4.79 Å². The smallest absolute Gasteiger partial charge is 0.322 e. The van der Waals surface area contributed by atoms with Crippen LogP contribution in [0.1, 0.15) is 6.92 Å². The van der Waals surface area contributed by atoms with Crippen LogP contribution in [-0.2, 0) is 0 Å². The van der Waals surface area contributed by atoms with Crippen molar-refractivity contribution in [2.24, 2.45) is 0 Å². The average molecular weight is 273 g/mol. The normalized spacial score (nSPS) is 10.0. The van der Waals surface area contributed by atoms with Crippen LogP contribution in [-0.4, -0.2) is 42.8 Å². The van der Waals surface area contributed by atoms with E-state index in [1.807, 2.05) is 6.92 Å². The molecule has 0 saturated heterocycles. The van der Waals surface area contributed by atoms with Gasteiger partial charge in [-0.15, -0.1) is 0 Å². The Balaban J connectivity index is 2.82. The van der Waals surface area contributed by atoms with Gasteiger partial charge in [0, 0.05) is 18.1 Å². The third-order valence-electron chi connectivity index (χ3n) is 2.44. The van der Waals surface area contributed by atoms with E-state index in [1.54, 1.807) is 18.2 Å². The van der Waals surface area contributed by atoms with E-state index in [2.05, 4.69) is 5.32 Å². The summed E-state index contributed by atoms with van der Waals surface area (Å²) in [4.78, 5) is 13.4. The number of nitrogens with zero attached hydrogens (tertiary/aromatic N) is 1. The lowest BCUT2D eigenvalue weighted by atomic mass is 10.3. The second-order valence-corrected chi connectivity index (χ2v) is 4.01. The second kappa shape index (κ2) is 7.08. The second-order valence-electron chi connectivity index (χ2n) is 3.58. The minimum absolute atomic E-state index is 0.0755. The molecule has 0 spiro atoms. The van der Waals surface area contributed by atoms with E-state index in [4.69, 9.17) is 21.4 Å². The Hall–Kier alpha value is -1.46. The van der Waals surface area contributed by atoms with E-state index in [0.717, 1.165) is 0 Å². The number of aliphatic hydroxyl groups excluding tert-OH is 1. The first-order valence-corrected chi connectivity index (χ1v) is 6.00. The number of methoxy groups -OCH3 is 1. The molecule has 0 fully saturated rings. The largest absolute Gasteiger partial charge is 0.495 e. The van der Waals surface area contributed by atoms with Gasteiger partial charge in [-0.05, 0) is 25.1 Å². The number of carbonyl (C=O) groups excluding carboxylic acids is 1. The summed E-state index contributed by atoms with van der Waals surface area (Å²) >= 11 is 5.87. The van der Waals surface area contributed by atoms with E-state index in [-0.39, 0.29) is 19.2 Å². The lowest BCUT2D eigenvalue weighted by Gasteiger charge is -2.21. The van der Waals surface area contributed by atoms with Crippen molar-refractivity contribution in [1.29, 1.82) is 0 Å². The molecule has 0 aliphatic heterocycles. The predicted octanol–water partition coefficient (Wildman–Crippen LogP) is 2.19. The average Bonchev–Trinajstić information content (AvgIpc) is 2.36. The maximum absolute atomic E-state index is 11.9. The summed E-state index contributed by atoms with van der Waals surface area (Å²) in [5, 5.41) is 12.1. The van der Waals surface area contributed by atoms with Crippen LogP contribution >= 0.6 is 11.6 Å². The van der Waals surface area contributed by atoms with Gasteiger partial charge < -0.3 is 20.1 Å². The summed E-state index contributed by atoms with van der Waals surface area (Å²) in [6, 6.07) is 4.68. The molecule has 1 aromatic carbocycles. The number of likely N-dealkylation sites (N-methyl/N-ethyl adjacent to an activating group) is 1. The molecule has 6 heteroatoms. The number of hydrogen-bond acceptors (Lipinski definition) is 3. The van der Waals surface area contributed by atoms with Crippen LogP contribution < -0.4 is 10.1 Å². The van der Waals surface area contributed by atoms with E-state index in [0.29, 0.717) is 23.0 Å². The molecule has 0 aliphatic carbocycles. The number of ether oxygens (including phenoxy) is 1. The number of aliphatic hydroxyl groups is 1. The fourth-order valence-electron chi connectivity index (χ4n) is 1.50. The molecule has 0 aliphatic rings. The van der Waals surface area contributed by atoms with E-state index in [1.165, 1.54) is 12.0 Å². The minimum Gasteiger partial charge on any atom is -0.495 e. The molecule has 0 aromatic heterocycles. The fourth-order valence-corrected chi connectivity index (χ4v) is 1.67. The SMILES string of the molecule is CCN(CCO)C(=O)Nc1cc(Cl)ccc1OC. The summed E-state index contributed by atoms with van der Waals surface area (Å²) in [6.07, 6.45) is 0. The van der Waals surface area contributed by atoms with Gasteiger partial charge in [-0.2, -0.15) is 0 Å². The molecule has 0 unspecified atom stereocenters. The first-order valence-electron chi connectivity index (χ1n) is 5.62. The van der Waals surface area contributed by atoms with Crippen molar-refractivity contribution in [3.8, 4) is 5.75 Å². The highest BCUT2D eigenvalue weighted by Gasteiger charge is 2.13. The molecule has 0 radical (unpaired) electrons. The van der Waals surface area contributed by atoms with Gasteiger partial charge >= 0.3 is 6.03 Å². The number of nitrogens with one attached hydrogen (secondary N) is 1. The lowest BCUT2D eigenvalue weighted by Crippen LogP contribution is -2.36. The highest BCUT2D eigenvalue weighted by Crippen LogP contribution is 2.27. The van der Waals surface area contributed by atoms with Crippen LogP contribution in [0.3, 0.4) is 0 Å². The molecule has 1 rings (SSSR count). The maximum atomic E-state index is 11.9. The van der Waals surface area contributed by atoms with Crippen molar-refractivity contribution in [2.75, 3.05) is 32.1 Å². The number of rotatable bonds is 5.